The number of hydrogen-bond acceptors (Lipinski definition) is 4. The summed E-state index contributed by atoms with van der Waals surface area (Å²) in [5, 5.41) is 10.2. The molecule has 1 amide bonds. The molecule has 0 aliphatic heterocycles. The van der Waals surface area contributed by atoms with Gasteiger partial charge in [-0.05, 0) is 134 Å². The van der Waals surface area contributed by atoms with Gasteiger partial charge < -0.3 is 36.9 Å². The van der Waals surface area contributed by atoms with Crippen LogP contribution in [0.2, 0.25) is 0 Å². The summed E-state index contributed by atoms with van der Waals surface area (Å²) in [6.45, 7) is 44.9. The SMILES string of the molecule is CC.CC(=C1CCC1)C(C)(C)CC(C)(C)C1CCC1.CO.[CH2-]CC(C)(C)OC(C)(C)CC(C)(C)C(=O)NC(CC)C(C)(C)C(=O)CC(C)(C)C(C)=C1CCC1.[CH3-].[CH3-].[W]. The number of rotatable bonds is 17. The van der Waals surface area contributed by atoms with E-state index >= 15 is 0 Å². The zero-order valence-electron chi connectivity index (χ0n) is 42.8. The first-order valence-corrected chi connectivity index (χ1v) is 22.2. The summed E-state index contributed by atoms with van der Waals surface area (Å²) in [5.74, 6) is 1.17. The second kappa shape index (κ2) is 26.0. The predicted octanol–water partition coefficient (Wildman–Crippen LogP) is 14.9. The number of aliphatic hydroxyl groups is 1. The molecule has 0 bridgehead atoms. The molecule has 0 saturated heterocycles. The number of hydrogen-bond donors (Lipinski definition) is 2. The van der Waals surface area contributed by atoms with E-state index in [9.17, 15) is 9.59 Å². The minimum absolute atomic E-state index is 0. The second-order valence-corrected chi connectivity index (χ2v) is 21.4. The van der Waals surface area contributed by atoms with E-state index in [1.807, 2.05) is 76.2 Å². The van der Waals surface area contributed by atoms with Gasteiger partial charge in [-0.25, -0.2) is 0 Å². The van der Waals surface area contributed by atoms with Gasteiger partial charge in [-0.3, -0.25) is 9.59 Å². The second-order valence-electron chi connectivity index (χ2n) is 21.4. The van der Waals surface area contributed by atoms with Crippen LogP contribution in [-0.2, 0) is 35.4 Å². The molecule has 6 heteroatoms. The molecule has 0 aromatic carbocycles. The van der Waals surface area contributed by atoms with Crippen LogP contribution in [0.5, 0.6) is 0 Å². The van der Waals surface area contributed by atoms with Gasteiger partial charge in [-0.1, -0.05) is 119 Å². The van der Waals surface area contributed by atoms with Crippen LogP contribution in [0.15, 0.2) is 22.3 Å². The van der Waals surface area contributed by atoms with E-state index < -0.39 is 16.4 Å². The van der Waals surface area contributed by atoms with Crippen molar-refractivity contribution in [2.24, 2.45) is 33.0 Å². The van der Waals surface area contributed by atoms with E-state index in [2.05, 4.69) is 67.6 Å². The number of ether oxygens (including phenoxy) is 1. The third-order valence-corrected chi connectivity index (χ3v) is 13.7. The molecule has 0 radical (unpaired) electrons. The summed E-state index contributed by atoms with van der Waals surface area (Å²) >= 11 is 0. The summed E-state index contributed by atoms with van der Waals surface area (Å²) < 4.78 is 6.31. The number of aliphatic hydroxyl groups excluding tert-OH is 1. The first-order chi connectivity index (χ1) is 25.0. The fourth-order valence-corrected chi connectivity index (χ4v) is 9.10. The van der Waals surface area contributed by atoms with Crippen molar-refractivity contribution in [2.45, 2.75) is 239 Å². The number of allylic oxidation sites excluding steroid dienone is 4. The van der Waals surface area contributed by atoms with Crippen molar-refractivity contribution < 1.29 is 40.5 Å². The summed E-state index contributed by atoms with van der Waals surface area (Å²) in [6, 6.07) is -0.223. The smallest absolute Gasteiger partial charge is 0.226 e. The molecule has 58 heavy (non-hydrogen) atoms. The minimum Gasteiger partial charge on any atom is -0.400 e. The molecule has 0 heterocycles. The molecule has 3 saturated carbocycles. The van der Waals surface area contributed by atoms with E-state index in [-0.39, 0.29) is 64.7 Å². The molecule has 0 spiro atoms. The molecular weight excluding hydrogens is 886 g/mol. The maximum Gasteiger partial charge on any atom is 0.226 e. The molecule has 0 aromatic heterocycles. The quantitative estimate of drug-likeness (QED) is 0.112. The van der Waals surface area contributed by atoms with Gasteiger partial charge in [0.1, 0.15) is 5.78 Å². The number of carbonyl (C=O) groups is 2. The maximum atomic E-state index is 13.6. The average Bonchev–Trinajstić information content (AvgIpc) is 2.97. The molecule has 1 atom stereocenters. The molecule has 0 aromatic rings. The third-order valence-electron chi connectivity index (χ3n) is 13.7. The predicted molar refractivity (Wildman–Crippen MR) is 252 cm³/mol. The van der Waals surface area contributed by atoms with Crippen molar-refractivity contribution in [3.05, 3.63) is 44.1 Å². The molecule has 3 fully saturated rings. The number of ketones is 1. The Morgan fingerprint density at radius 2 is 1.12 bits per heavy atom. The van der Waals surface area contributed by atoms with Crippen LogP contribution >= 0.6 is 0 Å². The van der Waals surface area contributed by atoms with Gasteiger partial charge in [-0.2, -0.15) is 6.42 Å². The van der Waals surface area contributed by atoms with E-state index in [0.29, 0.717) is 36.5 Å². The monoisotopic (exact) mass is 987 g/mol. The molecule has 346 valence electrons. The average molecular weight is 987 g/mol. The van der Waals surface area contributed by atoms with Crippen LogP contribution in [0.1, 0.15) is 221 Å². The zero-order chi connectivity index (χ0) is 43.4. The van der Waals surface area contributed by atoms with Crippen molar-refractivity contribution in [3.8, 4) is 0 Å². The molecule has 5 nitrogen and oxygen atoms in total. The van der Waals surface area contributed by atoms with Crippen molar-refractivity contribution in [1.29, 1.82) is 0 Å². The Labute approximate surface area is 378 Å². The Morgan fingerprint density at radius 1 is 0.707 bits per heavy atom. The minimum atomic E-state index is -0.649. The molecular formula is C52H100NO4W-3. The maximum absolute atomic E-state index is 13.6. The third kappa shape index (κ3) is 18.7. The Bertz CT molecular complexity index is 1260. The van der Waals surface area contributed by atoms with Crippen LogP contribution in [0.25, 0.3) is 0 Å². The molecule has 1 unspecified atom stereocenters. The van der Waals surface area contributed by atoms with Crippen LogP contribution in [0.4, 0.5) is 0 Å². The summed E-state index contributed by atoms with van der Waals surface area (Å²) in [7, 11) is 1.00. The topological polar surface area (TPSA) is 75.6 Å². The van der Waals surface area contributed by atoms with Crippen LogP contribution in [0.3, 0.4) is 0 Å². The molecule has 3 rings (SSSR count). The summed E-state index contributed by atoms with van der Waals surface area (Å²) in [6.07, 6.45) is 16.0. The van der Waals surface area contributed by atoms with Crippen molar-refractivity contribution >= 4 is 11.7 Å². The van der Waals surface area contributed by atoms with E-state index in [1.165, 1.54) is 75.4 Å². The Hall–Kier alpha value is -0.772. The normalized spacial score (nSPS) is 16.4. The number of amides is 1. The Balaban J connectivity index is -0.000000511. The standard InChI is InChI=1S/C30H54NO3.C17H30.C2H6.CH4O.2CH3.W/c1-14-23(30(12,13)24(32)19-26(4,5)21(3)22-17-16-18-22)31-25(33)27(6,7)20-29(10,11)34-28(8,9)15-2;1-13(14-8-6-9-14)16(2,3)12-17(4,5)15-10-7-11-15;2*1-2;;;/h23H,2,14-20H2,1,3-13H3,(H,31,33);15H,6-12H2,1-5H3;1-2H3;2H,1H3;2*1H3;/q-1;;;;2*-1;. The Kier molecular flexibility index (Phi) is 28.6. The summed E-state index contributed by atoms with van der Waals surface area (Å²) in [5.41, 5.74) is 5.02. The van der Waals surface area contributed by atoms with Crippen LogP contribution in [0, 0.1) is 54.8 Å². The van der Waals surface area contributed by atoms with Gasteiger partial charge >= 0.3 is 0 Å². The van der Waals surface area contributed by atoms with Gasteiger partial charge in [0.2, 0.25) is 5.91 Å². The van der Waals surface area contributed by atoms with E-state index in [0.717, 1.165) is 13.0 Å². The fraction of sp³-hybridized carbons (Fsp3) is 0.827. The van der Waals surface area contributed by atoms with Crippen molar-refractivity contribution in [2.75, 3.05) is 7.11 Å². The number of carbonyl (C=O) groups excluding carboxylic acids is 2. The van der Waals surface area contributed by atoms with Gasteiger partial charge in [0.25, 0.3) is 0 Å². The van der Waals surface area contributed by atoms with Crippen LogP contribution < -0.4 is 5.32 Å². The molecule has 3 aliphatic rings. The fourth-order valence-electron chi connectivity index (χ4n) is 9.10. The first kappa shape index (κ1) is 63.9. The van der Waals surface area contributed by atoms with Gasteiger partial charge in [0.05, 0.1) is 5.60 Å². The molecule has 2 N–H and O–H groups in total. The van der Waals surface area contributed by atoms with Crippen molar-refractivity contribution in [3.63, 3.8) is 0 Å². The summed E-state index contributed by atoms with van der Waals surface area (Å²) in [4.78, 5) is 27.0. The van der Waals surface area contributed by atoms with Gasteiger partial charge in [0, 0.05) is 57.1 Å². The first-order valence-electron chi connectivity index (χ1n) is 22.2. The van der Waals surface area contributed by atoms with Crippen LogP contribution in [-0.4, -0.2) is 41.2 Å². The largest absolute Gasteiger partial charge is 0.400 e. The number of Topliss-reactive ketones (excluding diaryl/α,β-unsaturated/α-hetero) is 1. The van der Waals surface area contributed by atoms with E-state index in [4.69, 9.17) is 9.84 Å². The molecule has 3 aliphatic carbocycles. The number of nitrogens with one attached hydrogen (secondary N) is 1. The zero-order valence-corrected chi connectivity index (χ0v) is 45.8. The van der Waals surface area contributed by atoms with Gasteiger partial charge in [0.15, 0.2) is 0 Å². The Morgan fingerprint density at radius 3 is 1.45 bits per heavy atom. The van der Waals surface area contributed by atoms with Crippen molar-refractivity contribution in [1.82, 2.24) is 5.32 Å². The van der Waals surface area contributed by atoms with Gasteiger partial charge in [-0.15, -0.1) is 0 Å². The van der Waals surface area contributed by atoms with E-state index in [1.54, 1.807) is 11.1 Å².